The molecule has 0 amide bonds. The van der Waals surface area contributed by atoms with E-state index in [9.17, 15) is 0 Å². The Morgan fingerprint density at radius 2 is 1.83 bits per heavy atom. The highest BCUT2D eigenvalue weighted by molar-refractivity contribution is 8.01. The Hall–Kier alpha value is -2.69. The Morgan fingerprint density at radius 3 is 2.76 bits per heavy atom. The van der Waals surface area contributed by atoms with Gasteiger partial charge in [-0.1, -0.05) is 30.3 Å². The second-order valence-corrected chi connectivity index (χ2v) is 10.6. The van der Waals surface area contributed by atoms with E-state index in [-0.39, 0.29) is 4.75 Å². The number of hydrogen-bond donors (Lipinski definition) is 2. The summed E-state index contributed by atoms with van der Waals surface area (Å²) < 4.78 is 2.68. The van der Waals surface area contributed by atoms with Crippen LogP contribution in [0.25, 0.3) is 20.2 Å². The molecule has 3 aromatic carbocycles. The van der Waals surface area contributed by atoms with Crippen LogP contribution < -0.4 is 11.1 Å². The Kier molecular flexibility index (Phi) is 3.65. The zero-order valence-electron chi connectivity index (χ0n) is 16.0. The number of benzene rings is 3. The maximum atomic E-state index is 6.01. The van der Waals surface area contributed by atoms with Gasteiger partial charge in [0.05, 0.1) is 0 Å². The van der Waals surface area contributed by atoms with Gasteiger partial charge in [0.25, 0.3) is 0 Å². The maximum Gasteiger partial charge on any atom is 0.0484 e. The summed E-state index contributed by atoms with van der Waals surface area (Å²) in [5.74, 6) is 0.386. The largest absolute Gasteiger partial charge is 0.399 e. The molecule has 0 spiro atoms. The Balaban J connectivity index is 1.35. The third kappa shape index (κ3) is 2.70. The van der Waals surface area contributed by atoms with Crippen LogP contribution in [0.4, 0.5) is 11.4 Å². The topological polar surface area (TPSA) is 38.0 Å². The van der Waals surface area contributed by atoms with Crippen molar-refractivity contribution in [3.8, 4) is 0 Å². The van der Waals surface area contributed by atoms with E-state index in [0.717, 1.165) is 17.1 Å². The lowest BCUT2D eigenvalue weighted by Crippen LogP contribution is -2.25. The molecule has 2 aliphatic rings. The lowest BCUT2D eigenvalue weighted by molar-refractivity contribution is 0.696. The smallest absolute Gasteiger partial charge is 0.0484 e. The Bertz CT molecular complexity index is 1350. The highest BCUT2D eigenvalue weighted by Crippen LogP contribution is 2.56. The molecular formula is C25H20N2S2. The fourth-order valence-corrected chi connectivity index (χ4v) is 7.11. The van der Waals surface area contributed by atoms with Crippen LogP contribution in [0.3, 0.4) is 0 Å². The van der Waals surface area contributed by atoms with Crippen LogP contribution in [0.1, 0.15) is 18.4 Å². The summed E-state index contributed by atoms with van der Waals surface area (Å²) in [6.07, 6.45) is 6.92. The van der Waals surface area contributed by atoms with Gasteiger partial charge in [-0.05, 0) is 61.0 Å². The second kappa shape index (κ2) is 6.15. The predicted octanol–water partition coefficient (Wildman–Crippen LogP) is 7.15. The van der Waals surface area contributed by atoms with Crippen molar-refractivity contribution in [3.05, 3.63) is 90.2 Å². The average molecular weight is 413 g/mol. The van der Waals surface area contributed by atoms with Crippen LogP contribution in [0, 0.1) is 0 Å². The number of fused-ring (bicyclic) bond motifs is 6. The minimum Gasteiger partial charge on any atom is -0.399 e. The molecule has 3 N–H and O–H groups in total. The first-order valence-electron chi connectivity index (χ1n) is 9.77. The normalized spacial score (nSPS) is 22.5. The van der Waals surface area contributed by atoms with Gasteiger partial charge in [0.1, 0.15) is 0 Å². The highest BCUT2D eigenvalue weighted by Gasteiger charge is 2.42. The highest BCUT2D eigenvalue weighted by atomic mass is 32.2. The number of thioether (sulfide) groups is 1. The fraction of sp³-hybridized carbons (Fsp3) is 0.120. The second-order valence-electron chi connectivity index (χ2n) is 7.95. The van der Waals surface area contributed by atoms with Crippen molar-refractivity contribution in [3.63, 3.8) is 0 Å². The Morgan fingerprint density at radius 1 is 0.966 bits per heavy atom. The SMILES string of the molecule is CC12C=C(Nc3ccc4sc5ccccc5c4c3)C=CC1c1ccc(N)cc1S2. The maximum absolute atomic E-state index is 6.01. The van der Waals surface area contributed by atoms with E-state index < -0.39 is 0 Å². The fourth-order valence-electron chi connectivity index (χ4n) is 4.52. The van der Waals surface area contributed by atoms with Crippen molar-refractivity contribution in [1.82, 2.24) is 0 Å². The van der Waals surface area contributed by atoms with Crippen LogP contribution in [-0.4, -0.2) is 4.75 Å². The molecular weight excluding hydrogens is 392 g/mol. The number of nitrogens with one attached hydrogen (secondary N) is 1. The molecule has 2 nitrogen and oxygen atoms in total. The zero-order valence-corrected chi connectivity index (χ0v) is 17.6. The van der Waals surface area contributed by atoms with Crippen LogP contribution in [-0.2, 0) is 0 Å². The molecule has 0 radical (unpaired) electrons. The first-order chi connectivity index (χ1) is 14.1. The first kappa shape index (κ1) is 17.2. The average Bonchev–Trinajstić information content (AvgIpc) is 3.21. The monoisotopic (exact) mass is 412 g/mol. The third-order valence-corrected chi connectivity index (χ3v) is 8.43. The lowest BCUT2D eigenvalue weighted by atomic mass is 9.83. The number of thiophene rings is 1. The molecule has 1 aliphatic heterocycles. The van der Waals surface area contributed by atoms with Crippen LogP contribution >= 0.6 is 23.1 Å². The van der Waals surface area contributed by atoms with Gasteiger partial charge < -0.3 is 11.1 Å². The van der Waals surface area contributed by atoms with Crippen molar-refractivity contribution < 1.29 is 0 Å². The standard InChI is InChI=1S/C25H20N2S2/c1-25-14-17(7-10-21(25)19-9-6-15(26)12-24(19)29-25)27-16-8-11-23-20(13-16)18-4-2-3-5-22(18)28-23/h2-14,21,27H,26H2,1H3. The molecule has 0 saturated heterocycles. The van der Waals surface area contributed by atoms with Gasteiger partial charge in [0.15, 0.2) is 0 Å². The summed E-state index contributed by atoms with van der Waals surface area (Å²) in [5.41, 5.74) is 10.5. The van der Waals surface area contributed by atoms with Gasteiger partial charge in [-0.2, -0.15) is 0 Å². The molecule has 0 bridgehead atoms. The number of anilines is 2. The van der Waals surface area contributed by atoms with Crippen LogP contribution in [0.2, 0.25) is 0 Å². The molecule has 0 fully saturated rings. The van der Waals surface area contributed by atoms with E-state index in [0.29, 0.717) is 5.92 Å². The lowest BCUT2D eigenvalue weighted by Gasteiger charge is -2.30. The molecule has 29 heavy (non-hydrogen) atoms. The molecule has 2 unspecified atom stereocenters. The zero-order chi connectivity index (χ0) is 19.6. The molecule has 2 heterocycles. The molecule has 2 atom stereocenters. The van der Waals surface area contributed by atoms with Gasteiger partial charge in [-0.15, -0.1) is 23.1 Å². The number of hydrogen-bond acceptors (Lipinski definition) is 4. The minimum atomic E-state index is 0.00634. The van der Waals surface area contributed by atoms with E-state index in [1.807, 2.05) is 29.2 Å². The Labute approximate surface area is 178 Å². The van der Waals surface area contributed by atoms with Gasteiger partial charge in [0.2, 0.25) is 0 Å². The van der Waals surface area contributed by atoms with E-state index in [2.05, 4.69) is 85.1 Å². The molecule has 1 aliphatic carbocycles. The quantitative estimate of drug-likeness (QED) is 0.343. The van der Waals surface area contributed by atoms with Crippen molar-refractivity contribution in [2.75, 3.05) is 11.1 Å². The predicted molar refractivity (Wildman–Crippen MR) is 128 cm³/mol. The van der Waals surface area contributed by atoms with Crippen molar-refractivity contribution in [1.29, 1.82) is 0 Å². The van der Waals surface area contributed by atoms with Crippen molar-refractivity contribution in [2.45, 2.75) is 22.5 Å². The van der Waals surface area contributed by atoms with Crippen LogP contribution in [0.15, 0.2) is 89.5 Å². The molecule has 4 heteroatoms. The minimum absolute atomic E-state index is 0.00634. The summed E-state index contributed by atoms with van der Waals surface area (Å²) in [6, 6.07) is 21.6. The third-order valence-electron chi connectivity index (χ3n) is 5.90. The van der Waals surface area contributed by atoms with Gasteiger partial charge in [-0.3, -0.25) is 0 Å². The first-order valence-corrected chi connectivity index (χ1v) is 11.4. The van der Waals surface area contributed by atoms with Crippen LogP contribution in [0.5, 0.6) is 0 Å². The molecule has 4 aromatic rings. The van der Waals surface area contributed by atoms with E-state index >= 15 is 0 Å². The van der Waals surface area contributed by atoms with Crippen molar-refractivity contribution in [2.24, 2.45) is 0 Å². The summed E-state index contributed by atoms with van der Waals surface area (Å²) >= 11 is 3.76. The summed E-state index contributed by atoms with van der Waals surface area (Å²) in [5, 5.41) is 6.29. The van der Waals surface area contributed by atoms with E-state index in [4.69, 9.17) is 5.73 Å². The summed E-state index contributed by atoms with van der Waals surface area (Å²) in [7, 11) is 0. The number of nitrogens with two attached hydrogens (primary N) is 1. The van der Waals surface area contributed by atoms with Gasteiger partial charge >= 0.3 is 0 Å². The van der Waals surface area contributed by atoms with Gasteiger partial charge in [0, 0.05) is 52.8 Å². The molecule has 6 rings (SSSR count). The molecule has 142 valence electrons. The van der Waals surface area contributed by atoms with Gasteiger partial charge in [-0.25, -0.2) is 0 Å². The summed E-state index contributed by atoms with van der Waals surface area (Å²) in [6.45, 7) is 2.32. The number of rotatable bonds is 2. The van der Waals surface area contributed by atoms with E-state index in [1.54, 1.807) is 0 Å². The molecule has 0 saturated carbocycles. The summed E-state index contributed by atoms with van der Waals surface area (Å²) in [4.78, 5) is 1.30. The number of nitrogen functional groups attached to an aromatic ring is 1. The van der Waals surface area contributed by atoms with E-state index in [1.165, 1.54) is 30.6 Å². The van der Waals surface area contributed by atoms with Crippen molar-refractivity contribution >= 4 is 54.6 Å². The number of allylic oxidation sites excluding steroid dienone is 2. The molecule has 1 aromatic heterocycles.